The zero-order valence-corrected chi connectivity index (χ0v) is 17.5. The van der Waals surface area contributed by atoms with Crippen LogP contribution in [0.4, 0.5) is 15.8 Å². The van der Waals surface area contributed by atoms with Crippen molar-refractivity contribution in [2.24, 2.45) is 0 Å². The summed E-state index contributed by atoms with van der Waals surface area (Å²) in [6, 6.07) is 17.6. The van der Waals surface area contributed by atoms with E-state index in [9.17, 15) is 14.0 Å². The number of halogens is 2. The quantitative estimate of drug-likeness (QED) is 0.559. The Kier molecular flexibility index (Phi) is 5.48. The molecule has 3 aromatic carbocycles. The number of anilines is 2. The minimum atomic E-state index is -0.668. The Bertz CT molecular complexity index is 1220. The van der Waals surface area contributed by atoms with Gasteiger partial charge in [-0.05, 0) is 54.4 Å². The van der Waals surface area contributed by atoms with Crippen LogP contribution in [0.25, 0.3) is 5.57 Å². The lowest BCUT2D eigenvalue weighted by molar-refractivity contribution is -0.120. The number of ether oxygens (including phenoxy) is 1. The number of imide groups is 1. The van der Waals surface area contributed by atoms with E-state index in [-0.39, 0.29) is 17.0 Å². The van der Waals surface area contributed by atoms with Gasteiger partial charge in [0, 0.05) is 10.7 Å². The molecule has 31 heavy (non-hydrogen) atoms. The highest BCUT2D eigenvalue weighted by Crippen LogP contribution is 2.36. The van der Waals surface area contributed by atoms with Crippen LogP contribution in [0, 0.1) is 12.7 Å². The Balaban J connectivity index is 1.86. The van der Waals surface area contributed by atoms with E-state index in [0.29, 0.717) is 22.0 Å². The molecule has 0 atom stereocenters. The Morgan fingerprint density at radius 3 is 2.32 bits per heavy atom. The molecule has 0 unspecified atom stereocenters. The van der Waals surface area contributed by atoms with E-state index in [0.717, 1.165) is 10.5 Å². The van der Waals surface area contributed by atoms with Gasteiger partial charge in [-0.1, -0.05) is 41.9 Å². The van der Waals surface area contributed by atoms with Crippen molar-refractivity contribution in [3.63, 3.8) is 0 Å². The molecule has 0 radical (unpaired) electrons. The van der Waals surface area contributed by atoms with Crippen molar-refractivity contribution in [3.8, 4) is 5.75 Å². The maximum absolute atomic E-state index is 14.5. The number of methoxy groups -OCH3 is 1. The van der Waals surface area contributed by atoms with Crippen molar-refractivity contribution >= 4 is 40.4 Å². The van der Waals surface area contributed by atoms with E-state index in [2.05, 4.69) is 5.32 Å². The molecule has 0 spiro atoms. The molecule has 5 nitrogen and oxygen atoms in total. The molecule has 0 aliphatic carbocycles. The fourth-order valence-corrected chi connectivity index (χ4v) is 3.58. The van der Waals surface area contributed by atoms with E-state index >= 15 is 0 Å². The number of rotatable bonds is 5. The van der Waals surface area contributed by atoms with Crippen LogP contribution < -0.4 is 15.0 Å². The normalized spacial score (nSPS) is 13.7. The number of hydrogen-bond acceptors (Lipinski definition) is 4. The highest BCUT2D eigenvalue weighted by atomic mass is 35.5. The van der Waals surface area contributed by atoms with Crippen molar-refractivity contribution in [1.29, 1.82) is 0 Å². The summed E-state index contributed by atoms with van der Waals surface area (Å²) in [6.07, 6.45) is 0. The van der Waals surface area contributed by atoms with Gasteiger partial charge in [0.2, 0.25) is 0 Å². The van der Waals surface area contributed by atoms with Crippen molar-refractivity contribution in [3.05, 3.63) is 94.4 Å². The average molecular weight is 437 g/mol. The first-order valence-corrected chi connectivity index (χ1v) is 9.84. The summed E-state index contributed by atoms with van der Waals surface area (Å²) in [5.41, 5.74) is 1.86. The Morgan fingerprint density at radius 1 is 0.935 bits per heavy atom. The maximum Gasteiger partial charge on any atom is 0.282 e. The van der Waals surface area contributed by atoms with Crippen LogP contribution in [-0.2, 0) is 9.59 Å². The fourth-order valence-electron chi connectivity index (χ4n) is 3.40. The molecule has 1 heterocycles. The van der Waals surface area contributed by atoms with Gasteiger partial charge >= 0.3 is 0 Å². The molecule has 3 aromatic rings. The van der Waals surface area contributed by atoms with Gasteiger partial charge in [-0.15, -0.1) is 0 Å². The van der Waals surface area contributed by atoms with Crippen molar-refractivity contribution in [2.45, 2.75) is 6.92 Å². The van der Waals surface area contributed by atoms with Crippen LogP contribution in [0.5, 0.6) is 5.75 Å². The largest absolute Gasteiger partial charge is 0.497 e. The molecule has 2 amide bonds. The van der Waals surface area contributed by atoms with Crippen LogP contribution in [-0.4, -0.2) is 18.9 Å². The predicted molar refractivity (Wildman–Crippen MR) is 119 cm³/mol. The first-order chi connectivity index (χ1) is 14.9. The van der Waals surface area contributed by atoms with Crippen molar-refractivity contribution in [2.75, 3.05) is 17.3 Å². The third-order valence-electron chi connectivity index (χ3n) is 5.08. The summed E-state index contributed by atoms with van der Waals surface area (Å²) in [5, 5.41) is 3.57. The Morgan fingerprint density at radius 2 is 1.65 bits per heavy atom. The summed E-state index contributed by atoms with van der Waals surface area (Å²) in [7, 11) is 1.54. The monoisotopic (exact) mass is 436 g/mol. The number of carbonyl (C=O) groups is 2. The van der Waals surface area contributed by atoms with E-state index < -0.39 is 17.6 Å². The van der Waals surface area contributed by atoms with Crippen molar-refractivity contribution in [1.82, 2.24) is 0 Å². The molecule has 4 rings (SSSR count). The third-order valence-corrected chi connectivity index (χ3v) is 5.49. The number of benzene rings is 3. The number of para-hydroxylation sites is 1. The summed E-state index contributed by atoms with van der Waals surface area (Å²) in [6.45, 7) is 1.80. The summed E-state index contributed by atoms with van der Waals surface area (Å²) in [5.74, 6) is -1.34. The highest BCUT2D eigenvalue weighted by Gasteiger charge is 2.41. The molecular weight excluding hydrogens is 419 g/mol. The van der Waals surface area contributed by atoms with E-state index in [1.165, 1.54) is 25.3 Å². The fraction of sp³-hybridized carbons (Fsp3) is 0.0833. The van der Waals surface area contributed by atoms with Gasteiger partial charge in [0.05, 0.1) is 18.4 Å². The number of amides is 2. The molecule has 1 aliphatic heterocycles. The van der Waals surface area contributed by atoms with Crippen LogP contribution in [0.2, 0.25) is 5.02 Å². The van der Waals surface area contributed by atoms with Crippen LogP contribution in [0.15, 0.2) is 72.4 Å². The van der Waals surface area contributed by atoms with E-state index in [4.69, 9.17) is 16.3 Å². The first-order valence-electron chi connectivity index (χ1n) is 9.46. The lowest BCUT2D eigenvalue weighted by atomic mass is 10.0. The SMILES string of the molecule is COc1ccc(C2=C(Nc3cccc(Cl)c3C)C(=O)N(c3ccccc3F)C2=O)cc1. The average Bonchev–Trinajstić information content (AvgIpc) is 3.01. The molecule has 0 bridgehead atoms. The Labute approximate surface area is 183 Å². The second kappa shape index (κ2) is 8.24. The smallest absolute Gasteiger partial charge is 0.282 e. The minimum absolute atomic E-state index is 0.0452. The second-order valence-corrected chi connectivity index (χ2v) is 7.32. The summed E-state index contributed by atoms with van der Waals surface area (Å²) in [4.78, 5) is 27.5. The Hall–Kier alpha value is -3.64. The number of carbonyl (C=O) groups excluding carboxylic acids is 2. The van der Waals surface area contributed by atoms with Crippen LogP contribution in [0.3, 0.4) is 0 Å². The minimum Gasteiger partial charge on any atom is -0.497 e. The lowest BCUT2D eigenvalue weighted by Crippen LogP contribution is -2.33. The van der Waals surface area contributed by atoms with Gasteiger partial charge in [-0.2, -0.15) is 0 Å². The van der Waals surface area contributed by atoms with Crippen molar-refractivity contribution < 1.29 is 18.7 Å². The molecule has 0 aromatic heterocycles. The predicted octanol–water partition coefficient (Wildman–Crippen LogP) is 5.19. The lowest BCUT2D eigenvalue weighted by Gasteiger charge is -2.16. The standard InChI is InChI=1S/C24H18ClFN2O3/c1-14-17(25)6-5-8-19(14)27-22-21(15-10-12-16(31-2)13-11-15)23(29)28(24(22)30)20-9-4-3-7-18(20)26/h3-13,27H,1-2H3. The molecule has 0 saturated heterocycles. The van der Waals surface area contributed by atoms with Crippen LogP contribution >= 0.6 is 11.6 Å². The first kappa shape index (κ1) is 20.6. The van der Waals surface area contributed by atoms with Gasteiger partial charge in [-0.25, -0.2) is 9.29 Å². The number of hydrogen-bond donors (Lipinski definition) is 1. The summed E-state index contributed by atoms with van der Waals surface area (Å²) < 4.78 is 19.6. The van der Waals surface area contributed by atoms with Gasteiger partial charge in [0.15, 0.2) is 0 Å². The molecular formula is C24H18ClFN2O3. The molecule has 1 N–H and O–H groups in total. The van der Waals surface area contributed by atoms with Gasteiger partial charge in [-0.3, -0.25) is 9.59 Å². The van der Waals surface area contributed by atoms with E-state index in [1.807, 2.05) is 0 Å². The van der Waals surface area contributed by atoms with E-state index in [1.54, 1.807) is 55.5 Å². The zero-order chi connectivity index (χ0) is 22.1. The molecule has 0 fully saturated rings. The summed E-state index contributed by atoms with van der Waals surface area (Å²) >= 11 is 6.21. The van der Waals surface area contributed by atoms with Crippen LogP contribution in [0.1, 0.15) is 11.1 Å². The third kappa shape index (κ3) is 3.66. The topological polar surface area (TPSA) is 58.6 Å². The number of nitrogens with one attached hydrogen (secondary N) is 1. The molecule has 0 saturated carbocycles. The highest BCUT2D eigenvalue weighted by molar-refractivity contribution is 6.46. The second-order valence-electron chi connectivity index (χ2n) is 6.91. The molecule has 156 valence electrons. The number of nitrogens with zero attached hydrogens (tertiary/aromatic N) is 1. The maximum atomic E-state index is 14.5. The van der Waals surface area contributed by atoms with Gasteiger partial charge < -0.3 is 10.1 Å². The van der Waals surface area contributed by atoms with Gasteiger partial charge in [0.1, 0.15) is 17.3 Å². The molecule has 1 aliphatic rings. The molecule has 7 heteroatoms. The zero-order valence-electron chi connectivity index (χ0n) is 16.8. The van der Waals surface area contributed by atoms with Gasteiger partial charge in [0.25, 0.3) is 11.8 Å².